The molecule has 2 aromatic rings. The summed E-state index contributed by atoms with van der Waals surface area (Å²) < 4.78 is 40.2. The highest BCUT2D eigenvalue weighted by Gasteiger charge is 2.20. The Balaban J connectivity index is 1.76. The molecule has 136 valence electrons. The van der Waals surface area contributed by atoms with Crippen molar-refractivity contribution in [3.8, 4) is 0 Å². The van der Waals surface area contributed by atoms with Crippen LogP contribution in [0.2, 0.25) is 0 Å². The second-order valence-corrected chi connectivity index (χ2v) is 6.23. The first-order chi connectivity index (χ1) is 12.4. The minimum atomic E-state index is -1.13. The number of carbonyl (C=O) groups is 2. The van der Waals surface area contributed by atoms with Crippen molar-refractivity contribution in [1.82, 2.24) is 5.32 Å². The maximum absolute atomic E-state index is 14.0. The lowest BCUT2D eigenvalue weighted by molar-refractivity contribution is 0.0938. The van der Waals surface area contributed by atoms with Gasteiger partial charge in [0.05, 0.1) is 5.56 Å². The highest BCUT2D eigenvalue weighted by molar-refractivity contribution is 6.06. The maximum atomic E-state index is 14.0. The molecule has 0 bridgehead atoms. The molecule has 0 heterocycles. The minimum absolute atomic E-state index is 0.0193. The van der Waals surface area contributed by atoms with Crippen LogP contribution in [0.3, 0.4) is 0 Å². The average molecular weight is 362 g/mol. The van der Waals surface area contributed by atoms with Crippen molar-refractivity contribution in [2.24, 2.45) is 0 Å². The van der Waals surface area contributed by atoms with Crippen molar-refractivity contribution in [3.63, 3.8) is 0 Å². The number of benzene rings is 2. The van der Waals surface area contributed by atoms with Crippen LogP contribution in [0.15, 0.2) is 36.4 Å². The molecular formula is C19H17F3N2O2. The molecule has 0 atom stereocenters. The molecule has 0 unspecified atom stereocenters. The predicted octanol–water partition coefficient (Wildman–Crippen LogP) is 4.03. The monoisotopic (exact) mass is 362 g/mol. The van der Waals surface area contributed by atoms with Crippen LogP contribution in [-0.4, -0.2) is 17.9 Å². The predicted molar refractivity (Wildman–Crippen MR) is 90.4 cm³/mol. The largest absolute Gasteiger partial charge is 0.349 e. The fourth-order valence-electron chi connectivity index (χ4n) is 2.95. The lowest BCUT2D eigenvalue weighted by atomic mass is 10.1. The van der Waals surface area contributed by atoms with Gasteiger partial charge in [-0.1, -0.05) is 12.8 Å². The van der Waals surface area contributed by atoms with Gasteiger partial charge in [0, 0.05) is 23.4 Å². The zero-order valence-electron chi connectivity index (χ0n) is 13.8. The lowest BCUT2D eigenvalue weighted by Crippen LogP contribution is -2.32. The van der Waals surface area contributed by atoms with Gasteiger partial charge in [0.15, 0.2) is 11.6 Å². The molecule has 1 fully saturated rings. The molecule has 7 heteroatoms. The van der Waals surface area contributed by atoms with Gasteiger partial charge in [0.2, 0.25) is 0 Å². The summed E-state index contributed by atoms with van der Waals surface area (Å²) in [6.45, 7) is 0. The van der Waals surface area contributed by atoms with Crippen LogP contribution >= 0.6 is 0 Å². The number of anilines is 1. The van der Waals surface area contributed by atoms with E-state index in [9.17, 15) is 22.8 Å². The van der Waals surface area contributed by atoms with Gasteiger partial charge in [-0.05, 0) is 43.2 Å². The highest BCUT2D eigenvalue weighted by Crippen LogP contribution is 2.19. The van der Waals surface area contributed by atoms with Crippen molar-refractivity contribution >= 4 is 17.5 Å². The first kappa shape index (κ1) is 18.0. The number of halogens is 3. The van der Waals surface area contributed by atoms with Gasteiger partial charge >= 0.3 is 0 Å². The quantitative estimate of drug-likeness (QED) is 0.863. The standard InChI is InChI=1S/C19H17F3N2O2/c20-15-7-5-11(18(25)23-12-3-1-2-4-12)9-14(15)19(26)24-13-6-8-16(21)17(22)10-13/h5-10,12H,1-4H2,(H,23,25)(H,24,26). The fourth-order valence-corrected chi connectivity index (χ4v) is 2.95. The Morgan fingerprint density at radius 3 is 2.23 bits per heavy atom. The summed E-state index contributed by atoms with van der Waals surface area (Å²) >= 11 is 0. The van der Waals surface area contributed by atoms with Gasteiger partial charge in [-0.25, -0.2) is 13.2 Å². The number of hydrogen-bond donors (Lipinski definition) is 2. The highest BCUT2D eigenvalue weighted by atomic mass is 19.2. The molecule has 0 radical (unpaired) electrons. The first-order valence-corrected chi connectivity index (χ1v) is 8.31. The molecule has 2 aromatic carbocycles. The smallest absolute Gasteiger partial charge is 0.258 e. The summed E-state index contributed by atoms with van der Waals surface area (Å²) in [5, 5.41) is 5.15. The minimum Gasteiger partial charge on any atom is -0.349 e. The van der Waals surface area contributed by atoms with Crippen LogP contribution in [0, 0.1) is 17.5 Å². The van der Waals surface area contributed by atoms with E-state index < -0.39 is 23.4 Å². The van der Waals surface area contributed by atoms with Crippen LogP contribution in [0.4, 0.5) is 18.9 Å². The Hall–Kier alpha value is -2.83. The van der Waals surface area contributed by atoms with Crippen molar-refractivity contribution in [2.45, 2.75) is 31.7 Å². The molecule has 1 saturated carbocycles. The molecule has 0 saturated heterocycles. The SMILES string of the molecule is O=C(NC1CCCC1)c1ccc(F)c(C(=O)Nc2ccc(F)c(F)c2)c1. The van der Waals surface area contributed by atoms with Crippen molar-refractivity contribution in [1.29, 1.82) is 0 Å². The van der Waals surface area contributed by atoms with E-state index >= 15 is 0 Å². The fraction of sp³-hybridized carbons (Fsp3) is 0.263. The third-order valence-electron chi connectivity index (χ3n) is 4.34. The van der Waals surface area contributed by atoms with Crippen LogP contribution in [-0.2, 0) is 0 Å². The summed E-state index contributed by atoms with van der Waals surface area (Å²) in [5.41, 5.74) is -0.211. The van der Waals surface area contributed by atoms with Gasteiger partial charge < -0.3 is 10.6 Å². The van der Waals surface area contributed by atoms with Crippen LogP contribution in [0.25, 0.3) is 0 Å². The van der Waals surface area contributed by atoms with Gasteiger partial charge in [0.1, 0.15) is 5.82 Å². The number of amides is 2. The third-order valence-corrected chi connectivity index (χ3v) is 4.34. The molecule has 0 aromatic heterocycles. The Morgan fingerprint density at radius 1 is 0.846 bits per heavy atom. The zero-order chi connectivity index (χ0) is 18.7. The van der Waals surface area contributed by atoms with E-state index in [4.69, 9.17) is 0 Å². The van der Waals surface area contributed by atoms with Crippen LogP contribution in [0.5, 0.6) is 0 Å². The Labute approximate surface area is 148 Å². The summed E-state index contributed by atoms with van der Waals surface area (Å²) in [7, 11) is 0. The zero-order valence-corrected chi connectivity index (χ0v) is 13.8. The third kappa shape index (κ3) is 4.04. The molecule has 0 spiro atoms. The average Bonchev–Trinajstić information content (AvgIpc) is 3.11. The number of hydrogen-bond acceptors (Lipinski definition) is 2. The van der Waals surface area contributed by atoms with Crippen molar-refractivity contribution < 1.29 is 22.8 Å². The Bertz CT molecular complexity index is 849. The topological polar surface area (TPSA) is 58.2 Å². The summed E-state index contributed by atoms with van der Waals surface area (Å²) in [6.07, 6.45) is 3.90. The molecular weight excluding hydrogens is 345 g/mol. The van der Waals surface area contributed by atoms with Crippen molar-refractivity contribution in [3.05, 3.63) is 65.0 Å². The molecule has 0 aliphatic heterocycles. The van der Waals surface area contributed by atoms with Gasteiger partial charge in [0.25, 0.3) is 11.8 Å². The second kappa shape index (κ2) is 7.59. The second-order valence-electron chi connectivity index (χ2n) is 6.23. The van der Waals surface area contributed by atoms with Crippen LogP contribution in [0.1, 0.15) is 46.4 Å². The molecule has 1 aliphatic rings. The summed E-state index contributed by atoms with van der Waals surface area (Å²) in [6, 6.07) is 6.37. The Morgan fingerprint density at radius 2 is 1.54 bits per heavy atom. The van der Waals surface area contributed by atoms with E-state index in [1.165, 1.54) is 6.07 Å². The molecule has 4 nitrogen and oxygen atoms in total. The first-order valence-electron chi connectivity index (χ1n) is 8.31. The normalized spacial score (nSPS) is 14.3. The summed E-state index contributed by atoms with van der Waals surface area (Å²) in [4.78, 5) is 24.5. The van der Waals surface area contributed by atoms with E-state index in [0.29, 0.717) is 0 Å². The molecule has 2 N–H and O–H groups in total. The molecule has 2 amide bonds. The number of nitrogens with one attached hydrogen (secondary N) is 2. The van der Waals surface area contributed by atoms with E-state index in [1.54, 1.807) is 0 Å². The lowest BCUT2D eigenvalue weighted by Gasteiger charge is -2.13. The summed E-state index contributed by atoms with van der Waals surface area (Å²) in [5.74, 6) is -4.24. The Kier molecular flexibility index (Phi) is 5.25. The number of carbonyl (C=O) groups excluding carboxylic acids is 2. The van der Waals surface area contributed by atoms with E-state index in [0.717, 1.165) is 56.0 Å². The van der Waals surface area contributed by atoms with Crippen molar-refractivity contribution in [2.75, 3.05) is 5.32 Å². The maximum Gasteiger partial charge on any atom is 0.258 e. The van der Waals surface area contributed by atoms with E-state index in [1.807, 2.05) is 0 Å². The molecule has 1 aliphatic carbocycles. The van der Waals surface area contributed by atoms with Crippen LogP contribution < -0.4 is 10.6 Å². The number of rotatable bonds is 4. The van der Waals surface area contributed by atoms with Gasteiger partial charge in [-0.15, -0.1) is 0 Å². The molecule has 26 heavy (non-hydrogen) atoms. The van der Waals surface area contributed by atoms with Gasteiger partial charge in [-0.2, -0.15) is 0 Å². The van der Waals surface area contributed by atoms with Gasteiger partial charge in [-0.3, -0.25) is 9.59 Å². The van der Waals surface area contributed by atoms with E-state index in [-0.39, 0.29) is 28.8 Å². The molecule has 3 rings (SSSR count). The van der Waals surface area contributed by atoms with E-state index in [2.05, 4.69) is 10.6 Å².